The molecule has 0 aromatic rings. The van der Waals surface area contributed by atoms with Crippen molar-refractivity contribution in [2.45, 2.75) is 341 Å². The van der Waals surface area contributed by atoms with E-state index in [2.05, 4.69) is 74.6 Å². The Kier molecular flexibility index (Phi) is 63.0. The van der Waals surface area contributed by atoms with Gasteiger partial charge in [0.15, 0.2) is 6.10 Å². The van der Waals surface area contributed by atoms with E-state index in [9.17, 15) is 19.0 Å². The summed E-state index contributed by atoms with van der Waals surface area (Å²) in [5, 5.41) is 0. The zero-order chi connectivity index (χ0) is 57.3. The standard InChI is InChI=1S/C69H128NO8P/c1-3-5-7-9-11-13-15-17-19-21-23-25-27-28-29-30-31-32-33-34-35-36-37-38-40-42-44-46-48-50-52-54-56-58-60-62-69(72)78-67(66-77-79(73,74)76-64-63-70)65-75-68(71)61-59-57-55-53-51-49-47-45-43-41-39-26-24-22-20-18-16-14-12-10-8-6-4-2/h5,7,11,13,17,19,23,25,28-29,67H,3-4,6,8-10,12,14-16,18,20-22,24,26-27,30-66,70H2,1-2H3,(H,73,74)/b7-5-,13-11-,19-17-,25-23-,29-28-. The number of phosphoric acid groups is 1. The SMILES string of the molecule is CC/C=C\C/C=C\C/C=C\C/C=C\C/C=C\CCCCCCCCCCCCCCCCCCCCCC(=O)OC(COC(=O)CCCCCCCCCCCCCCCCCCCCCCCCC)COP(=O)(O)OCCN. The number of carbonyl (C=O) groups is 2. The summed E-state index contributed by atoms with van der Waals surface area (Å²) in [5.74, 6) is -0.808. The first kappa shape index (κ1) is 76.7. The number of esters is 2. The molecule has 0 aromatic heterocycles. The van der Waals surface area contributed by atoms with Gasteiger partial charge in [0.2, 0.25) is 0 Å². The molecule has 0 spiro atoms. The molecule has 0 radical (unpaired) electrons. The molecule has 10 heteroatoms. The van der Waals surface area contributed by atoms with E-state index in [0.29, 0.717) is 6.42 Å². The lowest BCUT2D eigenvalue weighted by Gasteiger charge is -2.19. The number of ether oxygens (including phenoxy) is 2. The first-order valence-corrected chi connectivity index (χ1v) is 35.3. The summed E-state index contributed by atoms with van der Waals surface area (Å²) in [4.78, 5) is 35.3. The number of hydrogen-bond acceptors (Lipinski definition) is 8. The zero-order valence-corrected chi connectivity index (χ0v) is 52.8. The molecule has 79 heavy (non-hydrogen) atoms. The second kappa shape index (κ2) is 64.9. The average molecular weight is 1130 g/mol. The normalized spacial score (nSPS) is 13.3. The molecule has 0 saturated heterocycles. The van der Waals surface area contributed by atoms with Crippen LogP contribution in [0.4, 0.5) is 0 Å². The van der Waals surface area contributed by atoms with Gasteiger partial charge < -0.3 is 20.1 Å². The molecule has 2 atom stereocenters. The van der Waals surface area contributed by atoms with Crippen molar-refractivity contribution in [3.8, 4) is 0 Å². The van der Waals surface area contributed by atoms with Crippen LogP contribution in [0.2, 0.25) is 0 Å². The Balaban J connectivity index is 3.84. The molecule has 2 unspecified atom stereocenters. The van der Waals surface area contributed by atoms with Crippen molar-refractivity contribution in [2.24, 2.45) is 5.73 Å². The highest BCUT2D eigenvalue weighted by atomic mass is 31.2. The Morgan fingerprint density at radius 1 is 0.392 bits per heavy atom. The van der Waals surface area contributed by atoms with Gasteiger partial charge in [0.25, 0.3) is 0 Å². The van der Waals surface area contributed by atoms with Gasteiger partial charge in [0.1, 0.15) is 6.61 Å². The molecule has 0 fully saturated rings. The molecule has 0 aliphatic rings. The first-order valence-electron chi connectivity index (χ1n) is 33.8. The van der Waals surface area contributed by atoms with Gasteiger partial charge in [-0.2, -0.15) is 0 Å². The van der Waals surface area contributed by atoms with Crippen LogP contribution in [-0.4, -0.2) is 49.3 Å². The van der Waals surface area contributed by atoms with Crippen LogP contribution in [0.5, 0.6) is 0 Å². The number of allylic oxidation sites excluding steroid dienone is 10. The number of rotatable bonds is 64. The van der Waals surface area contributed by atoms with Crippen molar-refractivity contribution in [1.82, 2.24) is 0 Å². The van der Waals surface area contributed by atoms with Gasteiger partial charge in [-0.3, -0.25) is 18.6 Å². The molecule has 0 amide bonds. The summed E-state index contributed by atoms with van der Waals surface area (Å²) in [7, 11) is -4.39. The van der Waals surface area contributed by atoms with Gasteiger partial charge >= 0.3 is 19.8 Å². The van der Waals surface area contributed by atoms with Gasteiger partial charge in [-0.05, 0) is 57.8 Å². The fraction of sp³-hybridized carbons (Fsp3) is 0.826. The van der Waals surface area contributed by atoms with Crippen molar-refractivity contribution >= 4 is 19.8 Å². The molecular formula is C69H128NO8P. The minimum atomic E-state index is -4.39. The summed E-state index contributed by atoms with van der Waals surface area (Å²) in [6.07, 6.45) is 83.1. The summed E-state index contributed by atoms with van der Waals surface area (Å²) in [6, 6.07) is 0. The zero-order valence-electron chi connectivity index (χ0n) is 51.9. The van der Waals surface area contributed by atoms with Crippen LogP contribution in [0.25, 0.3) is 0 Å². The van der Waals surface area contributed by atoms with Gasteiger partial charge in [-0.15, -0.1) is 0 Å². The molecule has 0 rings (SSSR count). The Hall–Kier alpha value is -2.29. The van der Waals surface area contributed by atoms with Crippen molar-refractivity contribution < 1.29 is 37.6 Å². The molecule has 0 saturated carbocycles. The van der Waals surface area contributed by atoms with Crippen molar-refractivity contribution in [3.63, 3.8) is 0 Å². The number of hydrogen-bond donors (Lipinski definition) is 2. The minimum absolute atomic E-state index is 0.0551. The highest BCUT2D eigenvalue weighted by Gasteiger charge is 2.26. The van der Waals surface area contributed by atoms with Crippen molar-refractivity contribution in [1.29, 1.82) is 0 Å². The van der Waals surface area contributed by atoms with Gasteiger partial charge in [-0.25, -0.2) is 4.57 Å². The largest absolute Gasteiger partial charge is 0.472 e. The van der Waals surface area contributed by atoms with E-state index in [0.717, 1.165) is 64.2 Å². The lowest BCUT2D eigenvalue weighted by Crippen LogP contribution is -2.29. The molecule has 0 aliphatic carbocycles. The Labute approximate surface area is 489 Å². The quantitative estimate of drug-likeness (QED) is 0.0264. The molecule has 0 heterocycles. The fourth-order valence-corrected chi connectivity index (χ4v) is 10.7. The van der Waals surface area contributed by atoms with Crippen molar-refractivity contribution in [2.75, 3.05) is 26.4 Å². The molecule has 0 aromatic carbocycles. The number of unbranched alkanes of at least 4 members (excludes halogenated alkanes) is 41. The van der Waals surface area contributed by atoms with E-state index in [1.807, 2.05) is 0 Å². The van der Waals surface area contributed by atoms with Gasteiger partial charge in [0, 0.05) is 19.4 Å². The second-order valence-corrected chi connectivity index (χ2v) is 24.1. The Morgan fingerprint density at radius 2 is 0.696 bits per heavy atom. The van der Waals surface area contributed by atoms with Crippen LogP contribution in [0.3, 0.4) is 0 Å². The molecule has 462 valence electrons. The van der Waals surface area contributed by atoms with Crippen LogP contribution in [-0.2, 0) is 32.7 Å². The molecule has 3 N–H and O–H groups in total. The highest BCUT2D eigenvalue weighted by molar-refractivity contribution is 7.47. The third-order valence-electron chi connectivity index (χ3n) is 14.9. The number of phosphoric ester groups is 1. The summed E-state index contributed by atoms with van der Waals surface area (Å²) >= 11 is 0. The van der Waals surface area contributed by atoms with Crippen LogP contribution in [0, 0.1) is 0 Å². The van der Waals surface area contributed by atoms with E-state index in [1.54, 1.807) is 0 Å². The topological polar surface area (TPSA) is 134 Å². The van der Waals surface area contributed by atoms with Crippen LogP contribution in [0.15, 0.2) is 60.8 Å². The maximum absolute atomic E-state index is 12.8. The highest BCUT2D eigenvalue weighted by Crippen LogP contribution is 2.43. The predicted octanol–water partition coefficient (Wildman–Crippen LogP) is 21.9. The van der Waals surface area contributed by atoms with E-state index >= 15 is 0 Å². The third kappa shape index (κ3) is 64.7. The van der Waals surface area contributed by atoms with E-state index in [4.69, 9.17) is 24.3 Å². The number of nitrogens with two attached hydrogens (primary N) is 1. The number of carbonyl (C=O) groups excluding carboxylic acids is 2. The Morgan fingerprint density at radius 3 is 1.04 bits per heavy atom. The van der Waals surface area contributed by atoms with Crippen LogP contribution in [0.1, 0.15) is 335 Å². The second-order valence-electron chi connectivity index (χ2n) is 22.7. The lowest BCUT2D eigenvalue weighted by atomic mass is 10.0. The van der Waals surface area contributed by atoms with Gasteiger partial charge in [0.05, 0.1) is 13.2 Å². The smallest absolute Gasteiger partial charge is 0.462 e. The van der Waals surface area contributed by atoms with Gasteiger partial charge in [-0.1, -0.05) is 325 Å². The van der Waals surface area contributed by atoms with Crippen molar-refractivity contribution in [3.05, 3.63) is 60.8 Å². The van der Waals surface area contributed by atoms with E-state index in [-0.39, 0.29) is 38.6 Å². The molecule has 0 bridgehead atoms. The predicted molar refractivity (Wildman–Crippen MR) is 340 cm³/mol. The van der Waals surface area contributed by atoms with Crippen LogP contribution >= 0.6 is 7.82 Å². The van der Waals surface area contributed by atoms with Crippen LogP contribution < -0.4 is 5.73 Å². The lowest BCUT2D eigenvalue weighted by molar-refractivity contribution is -0.161. The molecule has 0 aliphatic heterocycles. The molecule has 9 nitrogen and oxygen atoms in total. The van der Waals surface area contributed by atoms with E-state index < -0.39 is 26.5 Å². The maximum atomic E-state index is 12.8. The Bertz CT molecular complexity index is 1480. The first-order chi connectivity index (χ1) is 38.8. The monoisotopic (exact) mass is 1130 g/mol. The average Bonchev–Trinajstić information content (AvgIpc) is 3.44. The summed E-state index contributed by atoms with van der Waals surface area (Å²) < 4.78 is 33.2. The minimum Gasteiger partial charge on any atom is -0.462 e. The summed E-state index contributed by atoms with van der Waals surface area (Å²) in [5.41, 5.74) is 5.40. The van der Waals surface area contributed by atoms with E-state index in [1.165, 1.54) is 238 Å². The third-order valence-corrected chi connectivity index (χ3v) is 15.9. The maximum Gasteiger partial charge on any atom is 0.472 e. The molecular weight excluding hydrogens is 1000 g/mol. The fourth-order valence-electron chi connectivity index (χ4n) is 9.96. The summed E-state index contributed by atoms with van der Waals surface area (Å²) in [6.45, 7) is 3.69.